The van der Waals surface area contributed by atoms with E-state index in [2.05, 4.69) is 5.10 Å². The molecule has 0 atom stereocenters. The maximum absolute atomic E-state index is 13.4. The topological polar surface area (TPSA) is 56.6 Å². The van der Waals surface area contributed by atoms with Gasteiger partial charge in [0.25, 0.3) is 5.91 Å². The molecule has 0 unspecified atom stereocenters. The van der Waals surface area contributed by atoms with Crippen LogP contribution in [0.25, 0.3) is 5.69 Å². The fourth-order valence-corrected chi connectivity index (χ4v) is 3.15. The summed E-state index contributed by atoms with van der Waals surface area (Å²) in [5.74, 6) is 1.00. The summed E-state index contributed by atoms with van der Waals surface area (Å²) in [5.41, 5.74) is 1.94. The maximum atomic E-state index is 13.4. The van der Waals surface area contributed by atoms with E-state index in [1.54, 1.807) is 15.8 Å². The number of anilines is 1. The molecule has 0 bridgehead atoms. The first-order valence-electron chi connectivity index (χ1n) is 9.09. The van der Waals surface area contributed by atoms with Crippen molar-refractivity contribution in [2.45, 2.75) is 13.3 Å². The quantitative estimate of drug-likeness (QED) is 0.709. The van der Waals surface area contributed by atoms with Gasteiger partial charge < -0.3 is 14.4 Å². The summed E-state index contributed by atoms with van der Waals surface area (Å²) in [6, 6.07) is 17.3. The van der Waals surface area contributed by atoms with Crippen LogP contribution >= 0.6 is 0 Å². The number of aromatic nitrogens is 2. The van der Waals surface area contributed by atoms with Crippen molar-refractivity contribution in [3.63, 3.8) is 0 Å². The summed E-state index contributed by atoms with van der Waals surface area (Å²) in [7, 11) is 0. The molecule has 6 heteroatoms. The van der Waals surface area contributed by atoms with Crippen LogP contribution in [0.1, 0.15) is 23.8 Å². The molecule has 0 radical (unpaired) electrons. The SMILES string of the molecule is CCOc1cn(-c2ccccc2)nc1C(=O)N1CCCOc2ccccc21. The Labute approximate surface area is 157 Å². The zero-order chi connectivity index (χ0) is 18.6. The van der Waals surface area contributed by atoms with Crippen molar-refractivity contribution in [2.24, 2.45) is 0 Å². The first kappa shape index (κ1) is 17.1. The largest absolute Gasteiger partial charge is 0.491 e. The molecule has 0 N–H and O–H groups in total. The van der Waals surface area contributed by atoms with Gasteiger partial charge in [-0.3, -0.25) is 4.79 Å². The fraction of sp³-hybridized carbons (Fsp3) is 0.238. The summed E-state index contributed by atoms with van der Waals surface area (Å²) in [4.78, 5) is 15.1. The number of hydrogen-bond acceptors (Lipinski definition) is 4. The number of para-hydroxylation sites is 3. The molecule has 0 spiro atoms. The number of benzene rings is 2. The zero-order valence-electron chi connectivity index (χ0n) is 15.2. The van der Waals surface area contributed by atoms with Crippen LogP contribution in [0, 0.1) is 0 Å². The molecule has 3 aromatic rings. The molecule has 0 saturated heterocycles. The van der Waals surface area contributed by atoms with Gasteiger partial charge in [0.2, 0.25) is 0 Å². The van der Waals surface area contributed by atoms with E-state index >= 15 is 0 Å². The van der Waals surface area contributed by atoms with Gasteiger partial charge in [0, 0.05) is 6.54 Å². The maximum Gasteiger partial charge on any atom is 0.282 e. The van der Waals surface area contributed by atoms with Crippen LogP contribution in [-0.4, -0.2) is 35.4 Å². The average molecular weight is 363 g/mol. The molecule has 138 valence electrons. The second kappa shape index (κ2) is 7.53. The highest BCUT2D eigenvalue weighted by Crippen LogP contribution is 2.33. The number of fused-ring (bicyclic) bond motifs is 1. The molecule has 2 heterocycles. The molecule has 1 aromatic heterocycles. The van der Waals surface area contributed by atoms with Gasteiger partial charge in [-0.15, -0.1) is 0 Å². The monoisotopic (exact) mass is 363 g/mol. The van der Waals surface area contributed by atoms with Gasteiger partial charge in [0.05, 0.1) is 30.8 Å². The Kier molecular flexibility index (Phi) is 4.78. The van der Waals surface area contributed by atoms with Crippen molar-refractivity contribution in [3.05, 3.63) is 66.5 Å². The third kappa shape index (κ3) is 3.38. The third-order valence-corrected chi connectivity index (χ3v) is 4.39. The summed E-state index contributed by atoms with van der Waals surface area (Å²) >= 11 is 0. The number of carbonyl (C=O) groups excluding carboxylic acids is 1. The molecular formula is C21H21N3O3. The van der Waals surface area contributed by atoms with Crippen molar-refractivity contribution >= 4 is 11.6 Å². The molecule has 4 rings (SSSR count). The molecular weight excluding hydrogens is 342 g/mol. The van der Waals surface area contributed by atoms with Crippen molar-refractivity contribution in [3.8, 4) is 17.2 Å². The summed E-state index contributed by atoms with van der Waals surface area (Å²) in [5, 5.41) is 4.54. The Morgan fingerprint density at radius 2 is 1.93 bits per heavy atom. The minimum absolute atomic E-state index is 0.189. The molecule has 2 aromatic carbocycles. The molecule has 0 aliphatic carbocycles. The van der Waals surface area contributed by atoms with E-state index in [9.17, 15) is 4.79 Å². The van der Waals surface area contributed by atoms with Gasteiger partial charge in [0.15, 0.2) is 11.4 Å². The van der Waals surface area contributed by atoms with Crippen LogP contribution in [0.5, 0.6) is 11.5 Å². The van der Waals surface area contributed by atoms with Crippen molar-refractivity contribution < 1.29 is 14.3 Å². The Morgan fingerprint density at radius 1 is 1.15 bits per heavy atom. The fourth-order valence-electron chi connectivity index (χ4n) is 3.15. The van der Waals surface area contributed by atoms with Crippen LogP contribution in [0.4, 0.5) is 5.69 Å². The van der Waals surface area contributed by atoms with Crippen molar-refractivity contribution in [2.75, 3.05) is 24.7 Å². The zero-order valence-corrected chi connectivity index (χ0v) is 15.2. The first-order chi connectivity index (χ1) is 13.3. The number of nitrogens with zero attached hydrogens (tertiary/aromatic N) is 3. The number of ether oxygens (including phenoxy) is 2. The number of amides is 1. The third-order valence-electron chi connectivity index (χ3n) is 4.39. The summed E-state index contributed by atoms with van der Waals surface area (Å²) in [6.07, 6.45) is 2.51. The molecule has 27 heavy (non-hydrogen) atoms. The Hall–Kier alpha value is -3.28. The number of rotatable bonds is 4. The van der Waals surface area contributed by atoms with E-state index in [4.69, 9.17) is 9.47 Å². The van der Waals surface area contributed by atoms with E-state index in [1.165, 1.54) is 0 Å². The highest BCUT2D eigenvalue weighted by molar-refractivity contribution is 6.07. The van der Waals surface area contributed by atoms with Crippen LogP contribution in [0.3, 0.4) is 0 Å². The second-order valence-electron chi connectivity index (χ2n) is 6.18. The molecule has 0 saturated carbocycles. The van der Waals surface area contributed by atoms with Crippen molar-refractivity contribution in [1.29, 1.82) is 0 Å². The van der Waals surface area contributed by atoms with Crippen LogP contribution in [0.15, 0.2) is 60.8 Å². The van der Waals surface area contributed by atoms with Crippen LogP contribution in [0.2, 0.25) is 0 Å². The highest BCUT2D eigenvalue weighted by Gasteiger charge is 2.28. The van der Waals surface area contributed by atoms with Gasteiger partial charge >= 0.3 is 0 Å². The average Bonchev–Trinajstić information content (AvgIpc) is 3.01. The molecule has 1 amide bonds. The highest BCUT2D eigenvalue weighted by atomic mass is 16.5. The van der Waals surface area contributed by atoms with Gasteiger partial charge in [-0.1, -0.05) is 30.3 Å². The lowest BCUT2D eigenvalue weighted by molar-refractivity contribution is 0.0978. The molecule has 1 aliphatic rings. The van der Waals surface area contributed by atoms with E-state index in [0.29, 0.717) is 37.0 Å². The minimum Gasteiger partial charge on any atom is -0.491 e. The van der Waals surface area contributed by atoms with E-state index in [0.717, 1.165) is 17.8 Å². The Morgan fingerprint density at radius 3 is 2.74 bits per heavy atom. The summed E-state index contributed by atoms with van der Waals surface area (Å²) < 4.78 is 13.2. The standard InChI is InChI=1S/C21H21N3O3/c1-2-26-19-15-24(16-9-4-3-5-10-16)22-20(19)21(25)23-13-8-14-27-18-12-7-6-11-17(18)23/h3-7,9-12,15H,2,8,13-14H2,1H3. The van der Waals surface area contributed by atoms with Gasteiger partial charge in [-0.05, 0) is 37.6 Å². The lowest BCUT2D eigenvalue weighted by atomic mass is 10.2. The number of carbonyl (C=O) groups is 1. The first-order valence-corrected chi connectivity index (χ1v) is 9.09. The predicted molar refractivity (Wildman–Crippen MR) is 103 cm³/mol. The van der Waals surface area contributed by atoms with E-state index < -0.39 is 0 Å². The smallest absolute Gasteiger partial charge is 0.282 e. The summed E-state index contributed by atoms with van der Waals surface area (Å²) in [6.45, 7) is 3.50. The van der Waals surface area contributed by atoms with E-state index in [1.807, 2.05) is 61.5 Å². The van der Waals surface area contributed by atoms with Crippen molar-refractivity contribution in [1.82, 2.24) is 9.78 Å². The van der Waals surface area contributed by atoms with Crippen LogP contribution < -0.4 is 14.4 Å². The Bertz CT molecular complexity index is 937. The Balaban J connectivity index is 1.74. The normalized spacial score (nSPS) is 13.4. The van der Waals surface area contributed by atoms with Crippen LogP contribution in [-0.2, 0) is 0 Å². The van der Waals surface area contributed by atoms with Gasteiger partial charge in [-0.2, -0.15) is 5.10 Å². The molecule has 1 aliphatic heterocycles. The molecule has 6 nitrogen and oxygen atoms in total. The lowest BCUT2D eigenvalue weighted by Crippen LogP contribution is -2.32. The molecule has 0 fully saturated rings. The van der Waals surface area contributed by atoms with E-state index in [-0.39, 0.29) is 5.91 Å². The number of hydrogen-bond donors (Lipinski definition) is 0. The lowest BCUT2D eigenvalue weighted by Gasteiger charge is -2.21. The van der Waals surface area contributed by atoms with Gasteiger partial charge in [-0.25, -0.2) is 4.68 Å². The second-order valence-corrected chi connectivity index (χ2v) is 6.18. The van der Waals surface area contributed by atoms with Gasteiger partial charge in [0.1, 0.15) is 5.75 Å². The minimum atomic E-state index is -0.189. The predicted octanol–water partition coefficient (Wildman–Crippen LogP) is 3.70.